The van der Waals surface area contributed by atoms with E-state index in [9.17, 15) is 13.2 Å². The molecule has 3 aromatic rings. The van der Waals surface area contributed by atoms with Crippen molar-refractivity contribution in [1.29, 1.82) is 0 Å². The van der Waals surface area contributed by atoms with Gasteiger partial charge >= 0.3 is 6.30 Å². The molecule has 0 atom stereocenters. The molecule has 0 bridgehead atoms. The van der Waals surface area contributed by atoms with Crippen LogP contribution in [-0.2, 0) is 7.05 Å². The first kappa shape index (κ1) is 10.9. The lowest BCUT2D eigenvalue weighted by atomic mass is 10.2. The van der Waals surface area contributed by atoms with E-state index < -0.39 is 6.30 Å². The van der Waals surface area contributed by atoms with Gasteiger partial charge in [0.25, 0.3) is 0 Å². The number of fused-ring (bicyclic) bond motifs is 3. The molecule has 0 aliphatic rings. The zero-order valence-electron chi connectivity index (χ0n) is 9.25. The molecule has 2 heterocycles. The number of halogens is 3. The van der Waals surface area contributed by atoms with Crippen molar-refractivity contribution in [2.75, 3.05) is 5.32 Å². The number of furan rings is 1. The molecule has 0 radical (unpaired) electrons. The van der Waals surface area contributed by atoms with Crippen LogP contribution in [0, 0.1) is 0 Å². The van der Waals surface area contributed by atoms with Gasteiger partial charge in [-0.05, 0) is 12.1 Å². The van der Waals surface area contributed by atoms with Crippen LogP contribution >= 0.6 is 0 Å². The van der Waals surface area contributed by atoms with Crippen LogP contribution in [0.3, 0.4) is 0 Å². The van der Waals surface area contributed by atoms with E-state index in [1.54, 1.807) is 24.3 Å². The fraction of sp³-hybridized carbons (Fsp3) is 0.182. The van der Waals surface area contributed by atoms with Gasteiger partial charge in [-0.3, -0.25) is 5.32 Å². The lowest BCUT2D eigenvalue weighted by molar-refractivity contribution is -0.100. The van der Waals surface area contributed by atoms with Crippen molar-refractivity contribution in [2.24, 2.45) is 7.05 Å². The van der Waals surface area contributed by atoms with E-state index >= 15 is 0 Å². The molecule has 0 amide bonds. The van der Waals surface area contributed by atoms with Gasteiger partial charge in [-0.15, -0.1) is 0 Å². The highest BCUT2D eigenvalue weighted by Crippen LogP contribution is 2.34. The largest absolute Gasteiger partial charge is 0.483 e. The van der Waals surface area contributed by atoms with Gasteiger partial charge in [0.15, 0.2) is 11.4 Å². The molecule has 0 spiro atoms. The zero-order chi connectivity index (χ0) is 12.9. The number of para-hydroxylation sites is 1. The maximum atomic E-state index is 12.4. The van der Waals surface area contributed by atoms with Gasteiger partial charge in [-0.25, -0.2) is 4.68 Å². The number of benzene rings is 1. The van der Waals surface area contributed by atoms with Crippen molar-refractivity contribution >= 4 is 27.9 Å². The Balaban J connectivity index is 2.28. The second-order valence-electron chi connectivity index (χ2n) is 3.87. The van der Waals surface area contributed by atoms with Crippen LogP contribution in [0.4, 0.5) is 19.0 Å². The summed E-state index contributed by atoms with van der Waals surface area (Å²) in [6.07, 6.45) is -4.53. The summed E-state index contributed by atoms with van der Waals surface area (Å²) in [5.74, 6) is -0.200. The van der Waals surface area contributed by atoms with E-state index in [2.05, 4.69) is 5.10 Å². The van der Waals surface area contributed by atoms with Gasteiger partial charge in [0.05, 0.1) is 0 Å². The summed E-state index contributed by atoms with van der Waals surface area (Å²) in [5.41, 5.74) is 1.04. The van der Waals surface area contributed by atoms with Crippen LogP contribution in [-0.4, -0.2) is 16.1 Å². The Bertz CT molecular complexity index is 726. The maximum Gasteiger partial charge on any atom is 0.483 e. The fourth-order valence-electron chi connectivity index (χ4n) is 1.91. The first-order chi connectivity index (χ1) is 8.46. The third-order valence-electron chi connectivity index (χ3n) is 2.62. The minimum absolute atomic E-state index is 0.107. The summed E-state index contributed by atoms with van der Waals surface area (Å²) < 4.78 is 43.7. The van der Waals surface area contributed by atoms with Gasteiger partial charge in [0.1, 0.15) is 11.1 Å². The van der Waals surface area contributed by atoms with Crippen LogP contribution in [0.5, 0.6) is 0 Å². The quantitative estimate of drug-likeness (QED) is 0.679. The Morgan fingerprint density at radius 2 is 2.00 bits per heavy atom. The molecular weight excluding hydrogens is 247 g/mol. The highest BCUT2D eigenvalue weighted by atomic mass is 19.4. The second kappa shape index (κ2) is 3.41. The van der Waals surface area contributed by atoms with Crippen LogP contribution in [0.2, 0.25) is 0 Å². The molecule has 1 aromatic carbocycles. The number of nitrogens with one attached hydrogen (secondary N) is 1. The Morgan fingerprint density at radius 1 is 1.28 bits per heavy atom. The van der Waals surface area contributed by atoms with E-state index in [0.29, 0.717) is 16.5 Å². The predicted molar refractivity (Wildman–Crippen MR) is 60.2 cm³/mol. The molecule has 1 N–H and O–H groups in total. The third kappa shape index (κ3) is 1.59. The second-order valence-corrected chi connectivity index (χ2v) is 3.87. The molecule has 0 saturated carbocycles. The smallest absolute Gasteiger partial charge is 0.450 e. The minimum Gasteiger partial charge on any atom is -0.450 e. The van der Waals surface area contributed by atoms with Crippen molar-refractivity contribution < 1.29 is 17.6 Å². The normalized spacial score (nSPS) is 12.4. The van der Waals surface area contributed by atoms with Crippen LogP contribution < -0.4 is 5.32 Å². The topological polar surface area (TPSA) is 43.0 Å². The molecular formula is C11H8F3N3O. The molecule has 0 unspecified atom stereocenters. The van der Waals surface area contributed by atoms with E-state index in [4.69, 9.17) is 4.42 Å². The standard InChI is InChI=1S/C11H8F3N3O/c1-17-10(15-11(12,13)14)9-8(16-17)6-4-2-3-5-7(6)18-9/h2-5,15H,1H3. The van der Waals surface area contributed by atoms with E-state index in [1.807, 2.05) is 0 Å². The van der Waals surface area contributed by atoms with Crippen molar-refractivity contribution in [3.63, 3.8) is 0 Å². The van der Waals surface area contributed by atoms with Crippen molar-refractivity contribution in [2.45, 2.75) is 6.30 Å². The highest BCUT2D eigenvalue weighted by Gasteiger charge is 2.31. The van der Waals surface area contributed by atoms with Crippen molar-refractivity contribution in [1.82, 2.24) is 9.78 Å². The first-order valence-electron chi connectivity index (χ1n) is 5.15. The zero-order valence-corrected chi connectivity index (χ0v) is 9.25. The van der Waals surface area contributed by atoms with Gasteiger partial charge < -0.3 is 4.42 Å². The molecule has 18 heavy (non-hydrogen) atoms. The number of hydrogen-bond acceptors (Lipinski definition) is 3. The average Bonchev–Trinajstić information content (AvgIpc) is 2.76. The van der Waals surface area contributed by atoms with E-state index in [0.717, 1.165) is 4.68 Å². The summed E-state index contributed by atoms with van der Waals surface area (Å²) in [7, 11) is 1.43. The predicted octanol–water partition coefficient (Wildman–Crippen LogP) is 3.25. The number of rotatable bonds is 1. The Morgan fingerprint density at radius 3 is 2.72 bits per heavy atom. The number of hydrogen-bond donors (Lipinski definition) is 1. The van der Waals surface area contributed by atoms with Gasteiger partial charge in [-0.1, -0.05) is 12.1 Å². The highest BCUT2D eigenvalue weighted by molar-refractivity contribution is 6.06. The SMILES string of the molecule is Cn1nc2c(oc3ccccc32)c1NC(F)(F)F. The summed E-state index contributed by atoms with van der Waals surface area (Å²) in [6, 6.07) is 6.98. The number of alkyl halides is 3. The van der Waals surface area contributed by atoms with Crippen molar-refractivity contribution in [3.8, 4) is 0 Å². The maximum absolute atomic E-state index is 12.4. The minimum atomic E-state index is -4.53. The van der Waals surface area contributed by atoms with Crippen LogP contribution in [0.15, 0.2) is 28.7 Å². The molecule has 3 rings (SSSR count). The summed E-state index contributed by atoms with van der Waals surface area (Å²) in [4.78, 5) is 0. The number of aryl methyl sites for hydroxylation is 1. The molecule has 0 aliphatic heterocycles. The molecule has 0 fully saturated rings. The fourth-order valence-corrected chi connectivity index (χ4v) is 1.91. The Kier molecular flexibility index (Phi) is 2.07. The molecule has 2 aromatic heterocycles. The summed E-state index contributed by atoms with van der Waals surface area (Å²) in [5, 5.41) is 6.18. The van der Waals surface area contributed by atoms with E-state index in [-0.39, 0.29) is 11.4 Å². The van der Waals surface area contributed by atoms with Gasteiger partial charge in [0.2, 0.25) is 0 Å². The van der Waals surface area contributed by atoms with Crippen LogP contribution in [0.1, 0.15) is 0 Å². The molecule has 94 valence electrons. The van der Waals surface area contributed by atoms with Gasteiger partial charge in [-0.2, -0.15) is 18.3 Å². The number of nitrogens with zero attached hydrogens (tertiary/aromatic N) is 2. The molecule has 0 aliphatic carbocycles. The molecule has 4 nitrogen and oxygen atoms in total. The van der Waals surface area contributed by atoms with Crippen LogP contribution in [0.25, 0.3) is 22.1 Å². The van der Waals surface area contributed by atoms with E-state index in [1.165, 1.54) is 12.4 Å². The number of aromatic nitrogens is 2. The van der Waals surface area contributed by atoms with Gasteiger partial charge in [0, 0.05) is 12.4 Å². The monoisotopic (exact) mass is 255 g/mol. The lowest BCUT2D eigenvalue weighted by Crippen LogP contribution is -2.22. The molecule has 0 saturated heterocycles. The Hall–Kier alpha value is -2.18. The first-order valence-corrected chi connectivity index (χ1v) is 5.15. The third-order valence-corrected chi connectivity index (χ3v) is 2.62. The molecule has 7 heteroatoms. The summed E-state index contributed by atoms with van der Waals surface area (Å²) in [6.45, 7) is 0. The van der Waals surface area contributed by atoms with Crippen molar-refractivity contribution in [3.05, 3.63) is 24.3 Å². The lowest BCUT2D eigenvalue weighted by Gasteiger charge is -2.08. The Labute approximate surface area is 99.0 Å². The average molecular weight is 255 g/mol. The number of anilines is 1. The summed E-state index contributed by atoms with van der Waals surface area (Å²) >= 11 is 0.